The molecule has 0 saturated carbocycles. The third kappa shape index (κ3) is 5.87. The van der Waals surface area contributed by atoms with Gasteiger partial charge in [0.2, 0.25) is 5.91 Å². The van der Waals surface area contributed by atoms with Crippen LogP contribution in [0.2, 0.25) is 0 Å². The number of nitrogens with zero attached hydrogens (tertiary/aromatic N) is 1. The van der Waals surface area contributed by atoms with Crippen LogP contribution in [0.1, 0.15) is 42.2 Å². The molecule has 1 heterocycles. The molecule has 6 nitrogen and oxygen atoms in total. The number of carbonyl (C=O) groups excluding carboxylic acids is 2. The van der Waals surface area contributed by atoms with E-state index in [9.17, 15) is 19.8 Å². The molecule has 1 aliphatic rings. The van der Waals surface area contributed by atoms with Crippen molar-refractivity contribution in [2.24, 2.45) is 5.92 Å². The summed E-state index contributed by atoms with van der Waals surface area (Å²) in [4.78, 5) is 27.5. The van der Waals surface area contributed by atoms with E-state index in [-0.39, 0.29) is 12.2 Å². The fraction of sp³-hybridized carbons (Fsp3) is 0.235. The van der Waals surface area contributed by atoms with Gasteiger partial charge in [0.05, 0.1) is 11.5 Å². The normalized spacial score (nSPS) is 18.4. The van der Waals surface area contributed by atoms with Crippen LogP contribution in [0.4, 0.5) is 4.79 Å². The molecule has 1 aliphatic heterocycles. The second-order valence-corrected chi connectivity index (χ2v) is 12.0. The number of amides is 2. The Morgan fingerprint density at radius 1 is 0.878 bits per heavy atom. The number of aromatic hydroxyl groups is 1. The number of hydrogen-bond acceptors (Lipinski definition) is 6. The predicted molar refractivity (Wildman–Crippen MR) is 160 cm³/mol. The van der Waals surface area contributed by atoms with Gasteiger partial charge >= 0.3 is 6.09 Å². The minimum atomic E-state index is -1.70. The molecule has 2 amide bonds. The molecule has 0 aromatic heterocycles. The summed E-state index contributed by atoms with van der Waals surface area (Å²) in [5.41, 5.74) is 2.05. The fourth-order valence-corrected chi connectivity index (χ4v) is 6.64. The molecule has 210 valence electrons. The van der Waals surface area contributed by atoms with Crippen molar-refractivity contribution in [1.29, 1.82) is 0 Å². The molecule has 41 heavy (non-hydrogen) atoms. The number of ether oxygens (including phenoxy) is 1. The number of hydrogen-bond donors (Lipinski definition) is 2. The topological polar surface area (TPSA) is 87.1 Å². The largest absolute Gasteiger partial charge is 0.508 e. The highest BCUT2D eigenvalue weighted by Gasteiger charge is 2.56. The molecule has 4 aromatic rings. The molecule has 5 rings (SSSR count). The van der Waals surface area contributed by atoms with Crippen LogP contribution < -0.4 is 0 Å². The summed E-state index contributed by atoms with van der Waals surface area (Å²) in [6.45, 7) is 3.62. The van der Waals surface area contributed by atoms with Crippen molar-refractivity contribution in [3.05, 3.63) is 138 Å². The van der Waals surface area contributed by atoms with Crippen molar-refractivity contribution < 1.29 is 24.5 Å². The van der Waals surface area contributed by atoms with Crippen molar-refractivity contribution in [2.45, 2.75) is 42.6 Å². The van der Waals surface area contributed by atoms with Gasteiger partial charge in [-0.05, 0) is 54.7 Å². The smallest absolute Gasteiger partial charge is 0.417 e. The van der Waals surface area contributed by atoms with Crippen molar-refractivity contribution in [3.8, 4) is 5.75 Å². The van der Waals surface area contributed by atoms with Crippen LogP contribution in [-0.2, 0) is 26.6 Å². The number of cyclic esters (lactones) is 1. The van der Waals surface area contributed by atoms with Crippen molar-refractivity contribution in [1.82, 2.24) is 4.90 Å². The van der Waals surface area contributed by atoms with Gasteiger partial charge in [0.1, 0.15) is 10.7 Å². The Morgan fingerprint density at radius 2 is 1.44 bits per heavy atom. The minimum Gasteiger partial charge on any atom is -0.508 e. The molecular formula is C34H33NO5S. The van der Waals surface area contributed by atoms with Crippen LogP contribution in [0.15, 0.2) is 115 Å². The molecule has 2 N–H and O–H groups in total. The van der Waals surface area contributed by atoms with Gasteiger partial charge in [-0.25, -0.2) is 9.69 Å². The Morgan fingerprint density at radius 3 is 2.05 bits per heavy atom. The van der Waals surface area contributed by atoms with E-state index in [1.165, 1.54) is 16.7 Å². The zero-order valence-electron chi connectivity index (χ0n) is 23.0. The molecule has 3 atom stereocenters. The first-order valence-electron chi connectivity index (χ1n) is 13.5. The Hall–Kier alpha value is -4.07. The number of benzene rings is 4. The van der Waals surface area contributed by atoms with Crippen LogP contribution >= 0.6 is 11.8 Å². The molecule has 7 heteroatoms. The average Bonchev–Trinajstić information content (AvgIpc) is 3.24. The molecule has 1 saturated heterocycles. The van der Waals surface area contributed by atoms with Crippen LogP contribution in [0.3, 0.4) is 0 Å². The van der Waals surface area contributed by atoms with E-state index in [0.717, 1.165) is 16.7 Å². The SMILES string of the molecule is CC1(C)[C@@H](c2ccccc2)OC(=O)N1C(=O)[C@H](Cc1ccc(O)cc1)C(O)(SCc1ccccc1)c1ccccc1. The summed E-state index contributed by atoms with van der Waals surface area (Å²) in [5, 5.41) is 22.5. The van der Waals surface area contributed by atoms with Gasteiger partial charge in [-0.15, -0.1) is 11.8 Å². The Labute approximate surface area is 244 Å². The number of phenolic OH excluding ortho intramolecular Hbond substituents is 1. The highest BCUT2D eigenvalue weighted by molar-refractivity contribution is 7.99. The lowest BCUT2D eigenvalue weighted by Gasteiger charge is -2.39. The van der Waals surface area contributed by atoms with E-state index in [0.29, 0.717) is 11.3 Å². The molecule has 1 unspecified atom stereocenters. The molecule has 0 bridgehead atoms. The average molecular weight is 568 g/mol. The monoisotopic (exact) mass is 567 g/mol. The maximum absolute atomic E-state index is 14.7. The number of rotatable bonds is 9. The van der Waals surface area contributed by atoms with E-state index in [1.807, 2.05) is 92.7 Å². The Bertz CT molecular complexity index is 1480. The molecule has 0 spiro atoms. The lowest BCUT2D eigenvalue weighted by molar-refractivity contribution is -0.141. The molecule has 1 fully saturated rings. The summed E-state index contributed by atoms with van der Waals surface area (Å²) in [6, 6.07) is 34.8. The van der Waals surface area contributed by atoms with Gasteiger partial charge in [-0.2, -0.15) is 0 Å². The van der Waals surface area contributed by atoms with Crippen LogP contribution in [0.5, 0.6) is 5.75 Å². The zero-order valence-corrected chi connectivity index (χ0v) is 23.8. The maximum Gasteiger partial charge on any atom is 0.417 e. The second kappa shape index (κ2) is 11.8. The van der Waals surface area contributed by atoms with Crippen LogP contribution in [0.25, 0.3) is 0 Å². The number of imide groups is 1. The number of carbonyl (C=O) groups is 2. The molecule has 0 radical (unpaired) electrons. The summed E-state index contributed by atoms with van der Waals surface area (Å²) < 4.78 is 5.80. The zero-order chi connectivity index (χ0) is 29.0. The summed E-state index contributed by atoms with van der Waals surface area (Å²) in [5.74, 6) is -1.06. The highest BCUT2D eigenvalue weighted by Crippen LogP contribution is 2.48. The maximum atomic E-state index is 14.7. The Balaban J connectivity index is 1.58. The minimum absolute atomic E-state index is 0.100. The summed E-state index contributed by atoms with van der Waals surface area (Å²) in [7, 11) is 0. The van der Waals surface area contributed by atoms with Crippen molar-refractivity contribution in [2.75, 3.05) is 0 Å². The number of aliphatic hydroxyl groups is 1. The van der Waals surface area contributed by atoms with E-state index < -0.39 is 34.5 Å². The lowest BCUT2D eigenvalue weighted by atomic mass is 9.85. The fourth-order valence-electron chi connectivity index (χ4n) is 5.37. The first-order chi connectivity index (χ1) is 19.7. The number of thioether (sulfide) groups is 1. The van der Waals surface area contributed by atoms with Crippen molar-refractivity contribution in [3.63, 3.8) is 0 Å². The van der Waals surface area contributed by atoms with Crippen LogP contribution in [-0.4, -0.2) is 32.7 Å². The lowest BCUT2D eigenvalue weighted by Crippen LogP contribution is -2.53. The Kier molecular flexibility index (Phi) is 8.20. The molecule has 0 aliphatic carbocycles. The first-order valence-corrected chi connectivity index (χ1v) is 14.5. The van der Waals surface area contributed by atoms with E-state index in [1.54, 1.807) is 36.4 Å². The van der Waals surface area contributed by atoms with E-state index in [2.05, 4.69) is 0 Å². The van der Waals surface area contributed by atoms with Gasteiger partial charge in [0, 0.05) is 5.75 Å². The van der Waals surface area contributed by atoms with Gasteiger partial charge in [-0.3, -0.25) is 4.79 Å². The third-order valence-electron chi connectivity index (χ3n) is 7.58. The quantitative estimate of drug-likeness (QED) is 0.216. The van der Waals surface area contributed by atoms with E-state index >= 15 is 0 Å². The molecular weight excluding hydrogens is 534 g/mol. The van der Waals surface area contributed by atoms with Crippen LogP contribution in [0, 0.1) is 5.92 Å². The van der Waals surface area contributed by atoms with Crippen molar-refractivity contribution >= 4 is 23.8 Å². The molecule has 4 aromatic carbocycles. The predicted octanol–water partition coefficient (Wildman–Crippen LogP) is 6.83. The van der Waals surface area contributed by atoms with Gasteiger partial charge < -0.3 is 14.9 Å². The summed E-state index contributed by atoms with van der Waals surface area (Å²) >= 11 is 1.25. The third-order valence-corrected chi connectivity index (χ3v) is 9.02. The number of phenols is 1. The van der Waals surface area contributed by atoms with Gasteiger partial charge in [0.15, 0.2) is 6.10 Å². The second-order valence-electron chi connectivity index (χ2n) is 10.8. The summed E-state index contributed by atoms with van der Waals surface area (Å²) in [6.07, 6.45) is -1.29. The van der Waals surface area contributed by atoms with E-state index in [4.69, 9.17) is 4.74 Å². The highest BCUT2D eigenvalue weighted by atomic mass is 32.2. The first kappa shape index (κ1) is 28.5. The standard InChI is InChI=1S/C34H33NO5S/c1-33(2)30(26-14-8-4-9-15-26)40-32(38)35(33)31(37)29(22-24-18-20-28(36)21-19-24)34(39,27-16-10-5-11-17-27)41-23-25-12-6-3-7-13-25/h3-21,29-30,36,39H,22-23H2,1-2H3/t29-,30+,34?/m0/s1. The van der Waals surface area contributed by atoms with Gasteiger partial charge in [0.25, 0.3) is 0 Å². The van der Waals surface area contributed by atoms with Gasteiger partial charge in [-0.1, -0.05) is 103 Å².